The molecule has 0 aliphatic rings. The minimum Gasteiger partial charge on any atom is -0.482 e. The first-order chi connectivity index (χ1) is 6.34. The maximum Gasteiger partial charge on any atom is 0.287 e. The second-order valence-electron chi connectivity index (χ2n) is 2.21. The van der Waals surface area contributed by atoms with Crippen molar-refractivity contribution in [3.8, 4) is 0 Å². The number of hydrogen-bond acceptors (Lipinski definition) is 3. The van der Waals surface area contributed by atoms with Gasteiger partial charge in [0.1, 0.15) is 5.69 Å². The van der Waals surface area contributed by atoms with Crippen LogP contribution in [0.4, 0.5) is 0 Å². The highest BCUT2D eigenvalue weighted by Gasteiger charge is 2.02. The number of hydrogen-bond donors (Lipinski definition) is 2. The van der Waals surface area contributed by atoms with E-state index in [2.05, 4.69) is 15.5 Å². The third kappa shape index (κ3) is 2.98. The van der Waals surface area contributed by atoms with Crippen LogP contribution in [0.15, 0.2) is 23.4 Å². The Morgan fingerprint density at radius 1 is 1.85 bits per heavy atom. The van der Waals surface area contributed by atoms with Crippen LogP contribution in [-0.4, -0.2) is 23.9 Å². The van der Waals surface area contributed by atoms with Crippen molar-refractivity contribution in [3.05, 3.63) is 24.0 Å². The van der Waals surface area contributed by atoms with Crippen molar-refractivity contribution in [3.63, 3.8) is 0 Å². The predicted molar refractivity (Wildman–Crippen MR) is 48.4 cm³/mol. The van der Waals surface area contributed by atoms with Crippen molar-refractivity contribution < 1.29 is 9.53 Å². The van der Waals surface area contributed by atoms with E-state index in [0.29, 0.717) is 12.3 Å². The quantitative estimate of drug-likeness (QED) is 0.408. The zero-order valence-electron chi connectivity index (χ0n) is 7.28. The van der Waals surface area contributed by atoms with Crippen LogP contribution in [0.2, 0.25) is 0 Å². The lowest BCUT2D eigenvalue weighted by atomic mass is 10.4. The normalized spacial score (nSPS) is 10.2. The topological polar surface area (TPSA) is 66.5 Å². The van der Waals surface area contributed by atoms with Crippen molar-refractivity contribution in [2.75, 3.05) is 6.61 Å². The molecule has 0 atom stereocenters. The van der Waals surface area contributed by atoms with Gasteiger partial charge in [-0.1, -0.05) is 0 Å². The van der Waals surface area contributed by atoms with Crippen LogP contribution in [-0.2, 0) is 4.74 Å². The molecule has 1 rings (SSSR count). The Morgan fingerprint density at radius 3 is 3.31 bits per heavy atom. The molecule has 0 fully saturated rings. The molecule has 0 aromatic carbocycles. The molecule has 5 heteroatoms. The van der Waals surface area contributed by atoms with Crippen LogP contribution in [0.5, 0.6) is 0 Å². The number of carbonyl (C=O) groups excluding carboxylic acids is 1. The summed E-state index contributed by atoms with van der Waals surface area (Å²) >= 11 is 0. The van der Waals surface area contributed by atoms with Gasteiger partial charge in [0, 0.05) is 6.20 Å². The van der Waals surface area contributed by atoms with Crippen LogP contribution in [0.25, 0.3) is 0 Å². The summed E-state index contributed by atoms with van der Waals surface area (Å²) in [6, 6.07) is 3.40. The number of amides is 1. The summed E-state index contributed by atoms with van der Waals surface area (Å²) in [5, 5.41) is 3.55. The van der Waals surface area contributed by atoms with E-state index in [1.54, 1.807) is 18.3 Å². The Bertz CT molecular complexity index is 280. The van der Waals surface area contributed by atoms with Crippen LogP contribution in [0.3, 0.4) is 0 Å². The fourth-order valence-corrected chi connectivity index (χ4v) is 0.729. The summed E-state index contributed by atoms with van der Waals surface area (Å²) in [6.07, 6.45) is 2.86. The predicted octanol–water partition coefficient (Wildman–Crippen LogP) is 0.724. The number of hydrazone groups is 1. The number of nitrogens with zero attached hydrogens (tertiary/aromatic N) is 1. The van der Waals surface area contributed by atoms with Gasteiger partial charge in [-0.15, -0.1) is 5.10 Å². The first-order valence-electron chi connectivity index (χ1n) is 3.91. The molecule has 1 heterocycles. The average Bonchev–Trinajstić information content (AvgIpc) is 2.65. The van der Waals surface area contributed by atoms with E-state index in [1.165, 1.54) is 6.40 Å². The number of aromatic nitrogens is 1. The Kier molecular flexibility index (Phi) is 3.56. The molecular weight excluding hydrogens is 170 g/mol. The maximum atomic E-state index is 11.2. The van der Waals surface area contributed by atoms with Crippen LogP contribution >= 0.6 is 0 Å². The largest absolute Gasteiger partial charge is 0.482 e. The van der Waals surface area contributed by atoms with Gasteiger partial charge >= 0.3 is 0 Å². The third-order valence-electron chi connectivity index (χ3n) is 1.30. The summed E-state index contributed by atoms with van der Waals surface area (Å²) < 4.78 is 4.78. The molecule has 1 amide bonds. The highest BCUT2D eigenvalue weighted by Crippen LogP contribution is 1.92. The molecule has 0 aliphatic heterocycles. The first-order valence-corrected chi connectivity index (χ1v) is 3.91. The number of rotatable bonds is 4. The third-order valence-corrected chi connectivity index (χ3v) is 1.30. The molecule has 0 bridgehead atoms. The summed E-state index contributed by atoms with van der Waals surface area (Å²) in [7, 11) is 0. The van der Waals surface area contributed by atoms with Crippen molar-refractivity contribution in [1.29, 1.82) is 0 Å². The smallest absolute Gasteiger partial charge is 0.287 e. The van der Waals surface area contributed by atoms with E-state index in [0.717, 1.165) is 0 Å². The van der Waals surface area contributed by atoms with Gasteiger partial charge in [0.05, 0.1) is 6.61 Å². The number of aromatic amines is 1. The van der Waals surface area contributed by atoms with Gasteiger partial charge in [-0.05, 0) is 19.1 Å². The molecule has 70 valence electrons. The minimum atomic E-state index is -0.291. The van der Waals surface area contributed by atoms with E-state index in [4.69, 9.17) is 4.74 Å². The molecule has 0 saturated heterocycles. The van der Waals surface area contributed by atoms with E-state index < -0.39 is 0 Å². The van der Waals surface area contributed by atoms with Gasteiger partial charge in [-0.25, -0.2) is 5.43 Å². The van der Waals surface area contributed by atoms with Crippen LogP contribution < -0.4 is 5.43 Å². The van der Waals surface area contributed by atoms with Crippen molar-refractivity contribution in [2.45, 2.75) is 6.92 Å². The summed E-state index contributed by atoms with van der Waals surface area (Å²) in [5.74, 6) is -0.291. The second kappa shape index (κ2) is 4.97. The highest BCUT2D eigenvalue weighted by molar-refractivity contribution is 5.92. The number of nitrogens with one attached hydrogen (secondary N) is 2. The van der Waals surface area contributed by atoms with Gasteiger partial charge in [0.15, 0.2) is 6.40 Å². The van der Waals surface area contributed by atoms with E-state index in [9.17, 15) is 4.79 Å². The van der Waals surface area contributed by atoms with E-state index in [-0.39, 0.29) is 5.91 Å². The number of H-pyrrole nitrogens is 1. The van der Waals surface area contributed by atoms with Gasteiger partial charge in [0.25, 0.3) is 5.91 Å². The Morgan fingerprint density at radius 2 is 2.69 bits per heavy atom. The first kappa shape index (κ1) is 9.31. The number of carbonyl (C=O) groups is 1. The lowest BCUT2D eigenvalue weighted by Crippen LogP contribution is -2.17. The lowest BCUT2D eigenvalue weighted by Gasteiger charge is -1.95. The Labute approximate surface area is 75.8 Å². The van der Waals surface area contributed by atoms with Crippen LogP contribution in [0.1, 0.15) is 17.4 Å². The van der Waals surface area contributed by atoms with Gasteiger partial charge < -0.3 is 9.72 Å². The zero-order valence-corrected chi connectivity index (χ0v) is 7.28. The van der Waals surface area contributed by atoms with E-state index in [1.807, 2.05) is 6.92 Å². The zero-order chi connectivity index (χ0) is 9.52. The molecule has 0 aliphatic carbocycles. The fraction of sp³-hybridized carbons (Fsp3) is 0.250. The molecule has 0 radical (unpaired) electrons. The lowest BCUT2D eigenvalue weighted by molar-refractivity contribution is 0.0949. The molecule has 0 unspecified atom stereocenters. The van der Waals surface area contributed by atoms with Crippen molar-refractivity contribution >= 4 is 12.3 Å². The summed E-state index contributed by atoms with van der Waals surface area (Å²) in [6.45, 7) is 2.36. The fourth-order valence-electron chi connectivity index (χ4n) is 0.729. The molecule has 1 aromatic rings. The maximum absolute atomic E-state index is 11.2. The minimum absolute atomic E-state index is 0.291. The second-order valence-corrected chi connectivity index (χ2v) is 2.21. The summed E-state index contributed by atoms with van der Waals surface area (Å²) in [5.41, 5.74) is 2.76. The standard InChI is InChI=1S/C8H11N3O2/c1-2-13-6-10-11-8(12)7-4-3-5-9-7/h3-6,9H,2H2,1H3,(H,11,12)/b10-6+. The number of ether oxygens (including phenoxy) is 1. The average molecular weight is 181 g/mol. The monoisotopic (exact) mass is 181 g/mol. The molecular formula is C8H11N3O2. The molecule has 0 spiro atoms. The molecule has 0 saturated carbocycles. The van der Waals surface area contributed by atoms with Gasteiger partial charge in [-0.2, -0.15) is 0 Å². The van der Waals surface area contributed by atoms with Crippen molar-refractivity contribution in [1.82, 2.24) is 10.4 Å². The Balaban J connectivity index is 2.34. The molecule has 5 nitrogen and oxygen atoms in total. The highest BCUT2D eigenvalue weighted by atomic mass is 16.5. The van der Waals surface area contributed by atoms with Gasteiger partial charge in [0.2, 0.25) is 0 Å². The SMILES string of the molecule is CCO/C=N/NC(=O)c1ccc[nH]1. The van der Waals surface area contributed by atoms with E-state index >= 15 is 0 Å². The molecule has 13 heavy (non-hydrogen) atoms. The van der Waals surface area contributed by atoms with Crippen LogP contribution in [0, 0.1) is 0 Å². The summed E-state index contributed by atoms with van der Waals surface area (Å²) in [4.78, 5) is 13.9. The Hall–Kier alpha value is -1.78. The molecule has 1 aromatic heterocycles. The van der Waals surface area contributed by atoms with Crippen molar-refractivity contribution in [2.24, 2.45) is 5.10 Å². The molecule has 2 N–H and O–H groups in total. The van der Waals surface area contributed by atoms with Gasteiger partial charge in [-0.3, -0.25) is 4.79 Å².